The maximum absolute atomic E-state index is 12.7. The summed E-state index contributed by atoms with van der Waals surface area (Å²) < 4.78 is 31.7. The normalized spacial score (nSPS) is 21.7. The van der Waals surface area contributed by atoms with Gasteiger partial charge in [-0.05, 0) is 25.0 Å². The smallest absolute Gasteiger partial charge is 0.293 e. The van der Waals surface area contributed by atoms with E-state index in [1.54, 1.807) is 0 Å². The molecule has 1 atom stereocenters. The molecule has 0 radical (unpaired) electrons. The lowest BCUT2D eigenvalue weighted by Crippen LogP contribution is -2.44. The Labute approximate surface area is 150 Å². The van der Waals surface area contributed by atoms with Crippen LogP contribution in [0.15, 0.2) is 23.1 Å². The van der Waals surface area contributed by atoms with E-state index in [2.05, 4.69) is 0 Å². The van der Waals surface area contributed by atoms with Crippen LogP contribution in [0, 0.1) is 10.1 Å². The molecule has 0 bridgehead atoms. The van der Waals surface area contributed by atoms with E-state index in [4.69, 9.17) is 4.74 Å². The van der Waals surface area contributed by atoms with Crippen molar-refractivity contribution in [2.24, 2.45) is 0 Å². The molecule has 11 heteroatoms. The van der Waals surface area contributed by atoms with Gasteiger partial charge in [0.15, 0.2) is 0 Å². The molecule has 2 saturated heterocycles. The van der Waals surface area contributed by atoms with Crippen molar-refractivity contribution in [2.75, 3.05) is 37.7 Å². The minimum atomic E-state index is -3.89. The quantitative estimate of drug-likeness (QED) is 0.482. The molecule has 10 nitrogen and oxygen atoms in total. The molecule has 0 unspecified atom stereocenters. The number of benzene rings is 1. The molecule has 0 amide bonds. The van der Waals surface area contributed by atoms with Gasteiger partial charge >= 0.3 is 0 Å². The van der Waals surface area contributed by atoms with Crippen LogP contribution < -0.4 is 10.0 Å². The van der Waals surface area contributed by atoms with E-state index in [-0.39, 0.29) is 36.9 Å². The molecule has 1 aromatic rings. The van der Waals surface area contributed by atoms with Crippen molar-refractivity contribution in [3.63, 3.8) is 0 Å². The second kappa shape index (κ2) is 7.17. The van der Waals surface area contributed by atoms with E-state index in [1.807, 2.05) is 0 Å². The summed E-state index contributed by atoms with van der Waals surface area (Å²) in [5, 5.41) is 22.8. The molecule has 142 valence electrons. The molecule has 2 fully saturated rings. The Balaban J connectivity index is 2.00. The highest BCUT2D eigenvalue weighted by Gasteiger charge is 2.33. The summed E-state index contributed by atoms with van der Waals surface area (Å²) in [6.07, 6.45) is 0.886. The first kappa shape index (κ1) is 18.5. The Bertz CT molecular complexity index is 821. The fourth-order valence-corrected chi connectivity index (χ4v) is 4.72. The first-order valence-electron chi connectivity index (χ1n) is 8.16. The number of morpholine rings is 1. The first-order valence-corrected chi connectivity index (χ1v) is 9.60. The fraction of sp³-hybridized carbons (Fsp3) is 0.533. The lowest BCUT2D eigenvalue weighted by Gasteiger charge is -2.28. The van der Waals surface area contributed by atoms with Gasteiger partial charge in [-0.15, -0.1) is 0 Å². The average molecular weight is 384 g/mol. The van der Waals surface area contributed by atoms with Crippen LogP contribution in [0.1, 0.15) is 12.8 Å². The van der Waals surface area contributed by atoms with Crippen LogP contribution in [-0.4, -0.2) is 62.5 Å². The Morgan fingerprint density at radius 2 is 1.92 bits per heavy atom. The van der Waals surface area contributed by atoms with Crippen molar-refractivity contribution in [1.29, 1.82) is 0 Å². The second-order valence-corrected chi connectivity index (χ2v) is 8.03. The molecular weight excluding hydrogens is 366 g/mol. The van der Waals surface area contributed by atoms with E-state index >= 15 is 0 Å². The SMILES string of the molecule is O=C([O-])[C@@H]1CCCN1c1ccc(S(=O)(=O)N2CCOCC2)cc1[N+](=O)[O-]. The van der Waals surface area contributed by atoms with Gasteiger partial charge in [-0.25, -0.2) is 8.42 Å². The summed E-state index contributed by atoms with van der Waals surface area (Å²) in [4.78, 5) is 23.3. The lowest BCUT2D eigenvalue weighted by molar-refractivity contribution is -0.384. The van der Waals surface area contributed by atoms with Crippen molar-refractivity contribution in [3.05, 3.63) is 28.3 Å². The number of carboxylic acids is 1. The summed E-state index contributed by atoms with van der Waals surface area (Å²) in [6, 6.07) is 2.60. The second-order valence-electron chi connectivity index (χ2n) is 6.09. The van der Waals surface area contributed by atoms with Crippen LogP contribution in [0.25, 0.3) is 0 Å². The number of hydrogen-bond acceptors (Lipinski definition) is 8. The number of nitro groups is 1. The van der Waals surface area contributed by atoms with Crippen LogP contribution in [0.3, 0.4) is 0 Å². The predicted octanol–water partition coefficient (Wildman–Crippen LogP) is -0.666. The molecule has 0 saturated carbocycles. The Morgan fingerprint density at radius 3 is 2.54 bits per heavy atom. The Morgan fingerprint density at radius 1 is 1.23 bits per heavy atom. The van der Waals surface area contributed by atoms with Gasteiger partial charge in [0, 0.05) is 25.7 Å². The topological polar surface area (TPSA) is 133 Å². The molecule has 1 aromatic carbocycles. The van der Waals surface area contributed by atoms with Crippen LogP contribution in [0.2, 0.25) is 0 Å². The zero-order valence-corrected chi connectivity index (χ0v) is 14.7. The highest BCUT2D eigenvalue weighted by Crippen LogP contribution is 2.35. The number of carbonyl (C=O) groups excluding carboxylic acids is 1. The molecule has 0 spiro atoms. The van der Waals surface area contributed by atoms with E-state index in [0.29, 0.717) is 19.4 Å². The maximum Gasteiger partial charge on any atom is 0.293 e. The number of hydrogen-bond donors (Lipinski definition) is 0. The number of sulfonamides is 1. The van der Waals surface area contributed by atoms with Gasteiger partial charge in [0.1, 0.15) is 5.69 Å². The number of nitro benzene ring substituents is 1. The minimum absolute atomic E-state index is 0.0858. The molecule has 3 rings (SSSR count). The summed E-state index contributed by atoms with van der Waals surface area (Å²) in [5.41, 5.74) is -0.352. The van der Waals surface area contributed by atoms with Crippen LogP contribution >= 0.6 is 0 Å². The van der Waals surface area contributed by atoms with Gasteiger partial charge < -0.3 is 19.5 Å². The summed E-state index contributed by atoms with van der Waals surface area (Å²) in [5.74, 6) is -1.30. The molecule has 2 aliphatic rings. The highest BCUT2D eigenvalue weighted by molar-refractivity contribution is 7.89. The largest absolute Gasteiger partial charge is 0.548 e. The number of nitrogens with zero attached hydrogens (tertiary/aromatic N) is 3. The monoisotopic (exact) mass is 384 g/mol. The summed E-state index contributed by atoms with van der Waals surface area (Å²) >= 11 is 0. The minimum Gasteiger partial charge on any atom is -0.548 e. The maximum atomic E-state index is 12.7. The zero-order chi connectivity index (χ0) is 18.9. The average Bonchev–Trinajstić information content (AvgIpc) is 3.11. The van der Waals surface area contributed by atoms with Crippen LogP contribution in [-0.2, 0) is 19.6 Å². The Hall–Kier alpha value is -2.24. The van der Waals surface area contributed by atoms with Crippen molar-refractivity contribution in [1.82, 2.24) is 4.31 Å². The van der Waals surface area contributed by atoms with Gasteiger partial charge in [0.25, 0.3) is 5.69 Å². The summed E-state index contributed by atoms with van der Waals surface area (Å²) in [6.45, 7) is 1.21. The molecule has 2 heterocycles. The number of anilines is 1. The van der Waals surface area contributed by atoms with Gasteiger partial charge in [0.2, 0.25) is 10.0 Å². The number of carboxylic acid groups (broad SMARTS) is 1. The Kier molecular flexibility index (Phi) is 5.12. The molecule has 2 aliphatic heterocycles. The van der Waals surface area contributed by atoms with Gasteiger partial charge in [0.05, 0.1) is 35.0 Å². The third kappa shape index (κ3) is 3.37. The third-order valence-electron chi connectivity index (χ3n) is 4.59. The molecular formula is C15H18N3O7S-. The van der Waals surface area contributed by atoms with Crippen molar-refractivity contribution in [3.8, 4) is 0 Å². The lowest BCUT2D eigenvalue weighted by atomic mass is 10.2. The number of rotatable bonds is 5. The third-order valence-corrected chi connectivity index (χ3v) is 6.48. The van der Waals surface area contributed by atoms with Crippen molar-refractivity contribution < 1.29 is 28.0 Å². The van der Waals surface area contributed by atoms with Crippen molar-refractivity contribution in [2.45, 2.75) is 23.8 Å². The zero-order valence-electron chi connectivity index (χ0n) is 13.9. The first-order chi connectivity index (χ1) is 12.3. The van der Waals surface area contributed by atoms with Crippen LogP contribution in [0.4, 0.5) is 11.4 Å². The summed E-state index contributed by atoms with van der Waals surface area (Å²) in [7, 11) is -3.89. The standard InChI is InChI=1S/C15H19N3O7S/c19-15(20)13-2-1-5-17(13)12-4-3-11(10-14(12)18(21)22)26(23,24)16-6-8-25-9-7-16/h3-4,10,13H,1-2,5-9H2,(H,19,20)/p-1/t13-/m0/s1. The number of carbonyl (C=O) groups is 1. The predicted molar refractivity (Wildman–Crippen MR) is 88.0 cm³/mol. The fourth-order valence-electron chi connectivity index (χ4n) is 3.29. The van der Waals surface area contributed by atoms with Gasteiger partial charge in [-0.1, -0.05) is 0 Å². The van der Waals surface area contributed by atoms with Gasteiger partial charge in [-0.3, -0.25) is 10.1 Å². The van der Waals surface area contributed by atoms with E-state index < -0.39 is 32.6 Å². The van der Waals surface area contributed by atoms with E-state index in [0.717, 1.165) is 6.07 Å². The molecule has 26 heavy (non-hydrogen) atoms. The van der Waals surface area contributed by atoms with Crippen molar-refractivity contribution >= 4 is 27.4 Å². The highest BCUT2D eigenvalue weighted by atomic mass is 32.2. The number of ether oxygens (including phenoxy) is 1. The molecule has 0 N–H and O–H groups in total. The molecule has 0 aromatic heterocycles. The molecule has 0 aliphatic carbocycles. The number of aliphatic carboxylic acids is 1. The van der Waals surface area contributed by atoms with E-state index in [9.17, 15) is 28.4 Å². The van der Waals surface area contributed by atoms with Crippen LogP contribution in [0.5, 0.6) is 0 Å². The van der Waals surface area contributed by atoms with E-state index in [1.165, 1.54) is 21.3 Å². The van der Waals surface area contributed by atoms with Gasteiger partial charge in [-0.2, -0.15) is 4.31 Å².